The fourth-order valence-corrected chi connectivity index (χ4v) is 1.19. The molecule has 0 aromatic carbocycles. The van der Waals surface area contributed by atoms with Crippen LogP contribution < -0.4 is 0 Å². The van der Waals surface area contributed by atoms with Gasteiger partial charge in [-0.05, 0) is 24.6 Å². The highest BCUT2D eigenvalue weighted by Gasteiger charge is 2.21. The summed E-state index contributed by atoms with van der Waals surface area (Å²) in [6.07, 6.45) is 0.193. The van der Waals surface area contributed by atoms with E-state index in [4.69, 9.17) is 0 Å². The van der Waals surface area contributed by atoms with Crippen LogP contribution in [0.3, 0.4) is 0 Å². The van der Waals surface area contributed by atoms with Crippen molar-refractivity contribution in [1.29, 1.82) is 0 Å². The summed E-state index contributed by atoms with van der Waals surface area (Å²) >= 11 is 0. The quantitative estimate of drug-likeness (QED) is 0.764. The van der Waals surface area contributed by atoms with E-state index in [2.05, 4.69) is 4.98 Å². The zero-order valence-corrected chi connectivity index (χ0v) is 8.36. The van der Waals surface area contributed by atoms with Crippen molar-refractivity contribution >= 4 is 5.91 Å². The summed E-state index contributed by atoms with van der Waals surface area (Å²) in [6, 6.07) is 3.39. The Bertz CT molecular complexity index is 316. The number of amides is 1. The third kappa shape index (κ3) is 3.27. The molecule has 0 atom stereocenters. The van der Waals surface area contributed by atoms with E-state index in [0.717, 1.165) is 10.5 Å². The van der Waals surface area contributed by atoms with Gasteiger partial charge in [0, 0.05) is 25.5 Å². The van der Waals surface area contributed by atoms with Gasteiger partial charge < -0.3 is 4.90 Å². The van der Waals surface area contributed by atoms with E-state index < -0.39 is 12.3 Å². The Hall–Kier alpha value is -1.52. The summed E-state index contributed by atoms with van der Waals surface area (Å²) in [7, 11) is 0. The molecule has 0 aliphatic heterocycles. The molecule has 0 radical (unpaired) electrons. The minimum atomic E-state index is -2.94. The topological polar surface area (TPSA) is 33.2 Å². The standard InChI is InChI=1S/C10H12F2N2O/c1-2-14(10(15)9(11)12)7-8-3-5-13-6-4-8/h3-6,9H,2,7H2,1H3. The Balaban J connectivity index is 2.66. The molecular formula is C10H12F2N2O. The minimum Gasteiger partial charge on any atom is -0.334 e. The van der Waals surface area contributed by atoms with E-state index in [1.807, 2.05) is 0 Å². The second kappa shape index (κ2) is 5.38. The maximum absolute atomic E-state index is 12.2. The minimum absolute atomic E-state index is 0.197. The molecule has 0 bridgehead atoms. The van der Waals surface area contributed by atoms with Crippen molar-refractivity contribution in [2.45, 2.75) is 19.9 Å². The van der Waals surface area contributed by atoms with Crippen molar-refractivity contribution in [3.63, 3.8) is 0 Å². The number of carbonyl (C=O) groups is 1. The van der Waals surface area contributed by atoms with Gasteiger partial charge in [-0.15, -0.1) is 0 Å². The summed E-state index contributed by atoms with van der Waals surface area (Å²) in [5.41, 5.74) is 0.792. The Morgan fingerprint density at radius 1 is 1.47 bits per heavy atom. The van der Waals surface area contributed by atoms with Crippen molar-refractivity contribution in [2.24, 2.45) is 0 Å². The van der Waals surface area contributed by atoms with Crippen molar-refractivity contribution in [3.05, 3.63) is 30.1 Å². The number of aromatic nitrogens is 1. The van der Waals surface area contributed by atoms with Gasteiger partial charge in [-0.1, -0.05) is 0 Å². The molecule has 1 aromatic heterocycles. The van der Waals surface area contributed by atoms with Crippen LogP contribution in [0.2, 0.25) is 0 Å². The molecule has 0 aliphatic carbocycles. The van der Waals surface area contributed by atoms with Gasteiger partial charge in [0.15, 0.2) is 0 Å². The highest BCUT2D eigenvalue weighted by molar-refractivity contribution is 5.79. The van der Waals surface area contributed by atoms with Gasteiger partial charge in [0.2, 0.25) is 0 Å². The van der Waals surface area contributed by atoms with Crippen molar-refractivity contribution < 1.29 is 13.6 Å². The first-order valence-corrected chi connectivity index (χ1v) is 4.61. The average Bonchev–Trinajstić information content (AvgIpc) is 2.26. The Kier molecular flexibility index (Phi) is 4.15. The molecule has 1 rings (SSSR count). The fraction of sp³-hybridized carbons (Fsp3) is 0.400. The van der Waals surface area contributed by atoms with E-state index in [1.165, 1.54) is 0 Å². The molecule has 1 amide bonds. The molecule has 15 heavy (non-hydrogen) atoms. The lowest BCUT2D eigenvalue weighted by Gasteiger charge is -2.20. The van der Waals surface area contributed by atoms with Crippen molar-refractivity contribution in [1.82, 2.24) is 9.88 Å². The molecule has 5 heteroatoms. The Labute approximate surface area is 86.7 Å². The zero-order valence-electron chi connectivity index (χ0n) is 8.36. The van der Waals surface area contributed by atoms with E-state index >= 15 is 0 Å². The Morgan fingerprint density at radius 3 is 2.53 bits per heavy atom. The van der Waals surface area contributed by atoms with Crippen LogP contribution in [0.15, 0.2) is 24.5 Å². The number of hydrogen-bond donors (Lipinski definition) is 0. The second-order valence-corrected chi connectivity index (χ2v) is 3.01. The van der Waals surface area contributed by atoms with Gasteiger partial charge in [0.1, 0.15) is 0 Å². The predicted octanol–water partition coefficient (Wildman–Crippen LogP) is 1.70. The van der Waals surface area contributed by atoms with Crippen LogP contribution >= 0.6 is 0 Å². The first-order valence-electron chi connectivity index (χ1n) is 4.61. The van der Waals surface area contributed by atoms with Crippen molar-refractivity contribution in [3.8, 4) is 0 Å². The largest absolute Gasteiger partial charge is 0.334 e. The first kappa shape index (κ1) is 11.6. The lowest BCUT2D eigenvalue weighted by Crippen LogP contribution is -2.34. The Morgan fingerprint density at radius 2 is 2.07 bits per heavy atom. The van der Waals surface area contributed by atoms with E-state index in [-0.39, 0.29) is 13.1 Å². The SMILES string of the molecule is CCN(Cc1ccncc1)C(=O)C(F)F. The zero-order chi connectivity index (χ0) is 11.3. The summed E-state index contributed by atoms with van der Waals surface area (Å²) in [5, 5.41) is 0. The average molecular weight is 214 g/mol. The molecule has 0 saturated heterocycles. The van der Waals surface area contributed by atoms with Gasteiger partial charge in [0.25, 0.3) is 5.91 Å². The number of halogens is 2. The van der Waals surface area contributed by atoms with Crippen LogP contribution in [0.5, 0.6) is 0 Å². The molecule has 1 heterocycles. The van der Waals surface area contributed by atoms with Crippen LogP contribution in [0.4, 0.5) is 8.78 Å². The highest BCUT2D eigenvalue weighted by atomic mass is 19.3. The number of hydrogen-bond acceptors (Lipinski definition) is 2. The molecule has 0 saturated carbocycles. The van der Waals surface area contributed by atoms with Gasteiger partial charge in [0.05, 0.1) is 0 Å². The normalized spacial score (nSPS) is 10.4. The highest BCUT2D eigenvalue weighted by Crippen LogP contribution is 2.07. The van der Waals surface area contributed by atoms with Crippen LogP contribution in [-0.2, 0) is 11.3 Å². The fourth-order valence-electron chi connectivity index (χ4n) is 1.19. The van der Waals surface area contributed by atoms with E-state index in [0.29, 0.717) is 0 Å². The second-order valence-electron chi connectivity index (χ2n) is 3.01. The number of carbonyl (C=O) groups excluding carboxylic acids is 1. The number of alkyl halides is 2. The molecule has 0 unspecified atom stereocenters. The van der Waals surface area contributed by atoms with Gasteiger partial charge in [-0.3, -0.25) is 9.78 Å². The molecule has 82 valence electrons. The molecule has 0 spiro atoms. The van der Waals surface area contributed by atoms with Gasteiger partial charge >= 0.3 is 6.43 Å². The number of rotatable bonds is 4. The summed E-state index contributed by atoms with van der Waals surface area (Å²) in [5.74, 6) is -1.13. The van der Waals surface area contributed by atoms with Crippen LogP contribution in [0.1, 0.15) is 12.5 Å². The summed E-state index contributed by atoms with van der Waals surface area (Å²) in [4.78, 5) is 16.0. The van der Waals surface area contributed by atoms with Gasteiger partial charge in [-0.2, -0.15) is 8.78 Å². The van der Waals surface area contributed by atoms with E-state index in [9.17, 15) is 13.6 Å². The predicted molar refractivity (Wildman–Crippen MR) is 51.3 cm³/mol. The summed E-state index contributed by atoms with van der Waals surface area (Å²) in [6.45, 7) is 2.13. The van der Waals surface area contributed by atoms with E-state index in [1.54, 1.807) is 31.5 Å². The van der Waals surface area contributed by atoms with Crippen molar-refractivity contribution in [2.75, 3.05) is 6.54 Å². The molecule has 0 N–H and O–H groups in total. The molecule has 1 aromatic rings. The van der Waals surface area contributed by atoms with Crippen LogP contribution in [0.25, 0.3) is 0 Å². The molecule has 0 fully saturated rings. The third-order valence-electron chi connectivity index (χ3n) is 2.00. The van der Waals surface area contributed by atoms with Crippen LogP contribution in [0, 0.1) is 0 Å². The number of nitrogens with zero attached hydrogens (tertiary/aromatic N) is 2. The monoisotopic (exact) mass is 214 g/mol. The lowest BCUT2D eigenvalue weighted by atomic mass is 10.2. The number of pyridine rings is 1. The maximum Gasteiger partial charge on any atom is 0.315 e. The first-order chi connectivity index (χ1) is 7.15. The smallest absolute Gasteiger partial charge is 0.315 e. The lowest BCUT2D eigenvalue weighted by molar-refractivity contribution is -0.143. The van der Waals surface area contributed by atoms with Crippen LogP contribution in [-0.4, -0.2) is 28.8 Å². The summed E-state index contributed by atoms with van der Waals surface area (Å²) < 4.78 is 24.3. The third-order valence-corrected chi connectivity index (χ3v) is 2.00. The molecular weight excluding hydrogens is 202 g/mol. The molecule has 0 aliphatic rings. The molecule has 3 nitrogen and oxygen atoms in total. The van der Waals surface area contributed by atoms with Gasteiger partial charge in [-0.25, -0.2) is 0 Å². The maximum atomic E-state index is 12.2.